The van der Waals surface area contributed by atoms with Crippen LogP contribution in [0.5, 0.6) is 0 Å². The number of nitrogens with one attached hydrogen (secondary N) is 1. The Morgan fingerprint density at radius 2 is 1.83 bits per heavy atom. The molecule has 0 unspecified atom stereocenters. The summed E-state index contributed by atoms with van der Waals surface area (Å²) in [5, 5.41) is 12.7. The van der Waals surface area contributed by atoms with Crippen LogP contribution in [0.2, 0.25) is 0 Å². The Kier molecular flexibility index (Phi) is 4.89. The van der Waals surface area contributed by atoms with Crippen LogP contribution in [0.15, 0.2) is 12.1 Å². The lowest BCUT2D eigenvalue weighted by Crippen LogP contribution is -2.58. The van der Waals surface area contributed by atoms with E-state index in [-0.39, 0.29) is 5.56 Å². The minimum atomic E-state index is -1.25. The second-order valence-corrected chi connectivity index (χ2v) is 6.78. The smallest absolute Gasteiger partial charge is 0.408 e. The Labute approximate surface area is 133 Å². The summed E-state index contributed by atoms with van der Waals surface area (Å²) in [7, 11) is 0. The lowest BCUT2D eigenvalue weighted by Gasteiger charge is -2.45. The zero-order chi connectivity index (χ0) is 17.4. The zero-order valence-electron chi connectivity index (χ0n) is 13.4. The summed E-state index contributed by atoms with van der Waals surface area (Å²) in [6.07, 6.45) is -0.689. The van der Waals surface area contributed by atoms with Gasteiger partial charge in [0.1, 0.15) is 5.82 Å². The molecule has 0 radical (unpaired) electrons. The maximum absolute atomic E-state index is 14.2. The fourth-order valence-electron chi connectivity index (χ4n) is 3.22. The van der Waals surface area contributed by atoms with Gasteiger partial charge in [-0.3, -0.25) is 4.90 Å². The summed E-state index contributed by atoms with van der Waals surface area (Å²) < 4.78 is 40.9. The number of hydrogen-bond donors (Lipinski definition) is 2. The molecule has 1 amide bonds. The molecule has 0 aromatic heterocycles. The summed E-state index contributed by atoms with van der Waals surface area (Å²) in [4.78, 5) is 13.0. The van der Waals surface area contributed by atoms with Crippen LogP contribution in [0, 0.1) is 17.5 Å². The van der Waals surface area contributed by atoms with Crippen molar-refractivity contribution in [2.24, 2.45) is 0 Å². The highest BCUT2D eigenvalue weighted by Gasteiger charge is 2.40. The molecule has 23 heavy (non-hydrogen) atoms. The molecule has 1 heterocycles. The Bertz CT molecular complexity index is 602. The first-order chi connectivity index (χ1) is 10.6. The molecule has 128 valence electrons. The van der Waals surface area contributed by atoms with E-state index in [1.54, 1.807) is 20.8 Å². The van der Waals surface area contributed by atoms with Crippen molar-refractivity contribution in [3.05, 3.63) is 35.1 Å². The van der Waals surface area contributed by atoms with Crippen molar-refractivity contribution in [2.45, 2.75) is 44.7 Å². The number of hydrogen-bond acceptors (Lipinski definition) is 2. The number of amides is 1. The molecular weight excluding hydrogens is 309 g/mol. The molecule has 2 N–H and O–H groups in total. The van der Waals surface area contributed by atoms with Crippen molar-refractivity contribution in [2.75, 3.05) is 13.1 Å². The lowest BCUT2D eigenvalue weighted by molar-refractivity contribution is 0.0524. The van der Waals surface area contributed by atoms with Crippen LogP contribution in [0.3, 0.4) is 0 Å². The fraction of sp³-hybridized carbons (Fsp3) is 0.562. The van der Waals surface area contributed by atoms with Crippen LogP contribution in [0.4, 0.5) is 18.0 Å². The Morgan fingerprint density at radius 1 is 1.22 bits per heavy atom. The molecule has 0 spiro atoms. The average molecular weight is 330 g/mol. The first-order valence-electron chi connectivity index (χ1n) is 7.50. The number of carboxylic acid groups (broad SMARTS) is 1. The van der Waals surface area contributed by atoms with Crippen molar-refractivity contribution < 1.29 is 23.1 Å². The van der Waals surface area contributed by atoms with Crippen molar-refractivity contribution >= 4 is 6.09 Å². The number of benzene rings is 1. The molecule has 7 heteroatoms. The number of halogens is 3. The van der Waals surface area contributed by atoms with E-state index in [4.69, 9.17) is 0 Å². The van der Waals surface area contributed by atoms with E-state index in [2.05, 4.69) is 5.32 Å². The Balaban J connectivity index is 2.46. The van der Waals surface area contributed by atoms with Gasteiger partial charge in [0.25, 0.3) is 0 Å². The minimum absolute atomic E-state index is 0.0194. The van der Waals surface area contributed by atoms with Gasteiger partial charge in [0, 0.05) is 24.1 Å². The highest BCUT2D eigenvalue weighted by Crippen LogP contribution is 2.34. The molecule has 1 aromatic carbocycles. The third kappa shape index (κ3) is 3.60. The fourth-order valence-corrected chi connectivity index (χ4v) is 3.22. The second-order valence-electron chi connectivity index (χ2n) is 6.78. The van der Waals surface area contributed by atoms with Crippen LogP contribution < -0.4 is 5.32 Å². The topological polar surface area (TPSA) is 52.6 Å². The maximum atomic E-state index is 14.2. The van der Waals surface area contributed by atoms with Crippen molar-refractivity contribution in [3.8, 4) is 0 Å². The van der Waals surface area contributed by atoms with E-state index < -0.39 is 41.0 Å². The summed E-state index contributed by atoms with van der Waals surface area (Å²) in [5.74, 6) is -3.76. The predicted molar refractivity (Wildman–Crippen MR) is 79.9 cm³/mol. The van der Waals surface area contributed by atoms with Gasteiger partial charge in [-0.05, 0) is 45.4 Å². The van der Waals surface area contributed by atoms with E-state index in [9.17, 15) is 23.1 Å². The molecule has 2 atom stereocenters. The predicted octanol–water partition coefficient (Wildman–Crippen LogP) is 3.33. The summed E-state index contributed by atoms with van der Waals surface area (Å²) in [5.41, 5.74) is -0.686. The average Bonchev–Trinajstić information content (AvgIpc) is 2.42. The highest BCUT2D eigenvalue weighted by molar-refractivity contribution is 5.67. The van der Waals surface area contributed by atoms with Gasteiger partial charge in [-0.1, -0.05) is 0 Å². The second kappa shape index (κ2) is 6.39. The van der Waals surface area contributed by atoms with Gasteiger partial charge in [-0.25, -0.2) is 18.0 Å². The largest absolute Gasteiger partial charge is 0.465 e. The first-order valence-corrected chi connectivity index (χ1v) is 7.50. The van der Waals surface area contributed by atoms with Crippen LogP contribution in [0.25, 0.3) is 0 Å². The van der Waals surface area contributed by atoms with E-state index in [1.807, 2.05) is 0 Å². The summed E-state index contributed by atoms with van der Waals surface area (Å²) in [6.45, 7) is 6.11. The molecule has 1 fully saturated rings. The number of piperidine rings is 1. The SMILES string of the molecule is CC(C)(C)N(C(=O)O)[C@H]1CNCC[C@@H]1c1cc(F)c(F)cc1F. The normalized spacial score (nSPS) is 22.0. The molecule has 0 aliphatic carbocycles. The molecule has 2 rings (SSSR count). The number of nitrogens with zero attached hydrogens (tertiary/aromatic N) is 1. The highest BCUT2D eigenvalue weighted by atomic mass is 19.2. The molecule has 0 saturated carbocycles. The minimum Gasteiger partial charge on any atom is -0.465 e. The van der Waals surface area contributed by atoms with Gasteiger partial charge in [-0.2, -0.15) is 0 Å². The molecule has 0 bridgehead atoms. The summed E-state index contributed by atoms with van der Waals surface area (Å²) in [6, 6.07) is 0.795. The monoisotopic (exact) mass is 330 g/mol. The van der Waals surface area contributed by atoms with E-state index >= 15 is 0 Å². The van der Waals surface area contributed by atoms with Crippen molar-refractivity contribution in [3.63, 3.8) is 0 Å². The molecule has 1 aromatic rings. The number of rotatable bonds is 2. The van der Waals surface area contributed by atoms with E-state index in [1.165, 1.54) is 4.90 Å². The molecular formula is C16H21F3N2O2. The van der Waals surface area contributed by atoms with E-state index in [0.717, 1.165) is 6.07 Å². The quantitative estimate of drug-likeness (QED) is 0.818. The Morgan fingerprint density at radius 3 is 2.39 bits per heavy atom. The van der Waals surface area contributed by atoms with Gasteiger partial charge < -0.3 is 10.4 Å². The molecule has 4 nitrogen and oxygen atoms in total. The van der Waals surface area contributed by atoms with Crippen molar-refractivity contribution in [1.29, 1.82) is 0 Å². The van der Waals surface area contributed by atoms with Crippen LogP contribution in [0.1, 0.15) is 38.7 Å². The third-order valence-corrected chi connectivity index (χ3v) is 4.15. The standard InChI is InChI=1S/C16H21F3N2O2/c1-16(2,3)21(15(22)23)14-8-20-5-4-9(14)10-6-12(18)13(19)7-11(10)17/h6-7,9,14,20H,4-5,8H2,1-3H3,(H,22,23)/t9-,14+/m1/s1. The van der Waals surface area contributed by atoms with Crippen LogP contribution in [-0.2, 0) is 0 Å². The van der Waals surface area contributed by atoms with E-state index in [0.29, 0.717) is 25.6 Å². The Hall–Kier alpha value is -1.76. The third-order valence-electron chi connectivity index (χ3n) is 4.15. The van der Waals surface area contributed by atoms with Gasteiger partial charge in [0.05, 0.1) is 6.04 Å². The van der Waals surface area contributed by atoms with Gasteiger partial charge >= 0.3 is 6.09 Å². The zero-order valence-corrected chi connectivity index (χ0v) is 13.4. The van der Waals surface area contributed by atoms with Gasteiger partial charge in [0.15, 0.2) is 11.6 Å². The first kappa shape index (κ1) is 17.6. The van der Waals surface area contributed by atoms with Gasteiger partial charge in [-0.15, -0.1) is 0 Å². The van der Waals surface area contributed by atoms with Crippen molar-refractivity contribution in [1.82, 2.24) is 10.2 Å². The molecule has 1 saturated heterocycles. The van der Waals surface area contributed by atoms with Crippen LogP contribution >= 0.6 is 0 Å². The summed E-state index contributed by atoms with van der Waals surface area (Å²) >= 11 is 0. The lowest BCUT2D eigenvalue weighted by atomic mass is 9.83. The van der Waals surface area contributed by atoms with Crippen LogP contribution in [-0.4, -0.2) is 40.8 Å². The van der Waals surface area contributed by atoms with Gasteiger partial charge in [0.2, 0.25) is 0 Å². The maximum Gasteiger partial charge on any atom is 0.408 e. The molecule has 1 aliphatic rings. The molecule has 1 aliphatic heterocycles. The number of carbonyl (C=O) groups is 1.